The molecule has 0 unspecified atom stereocenters. The summed E-state index contributed by atoms with van der Waals surface area (Å²) in [5, 5.41) is 3.46. The van der Waals surface area contributed by atoms with Gasteiger partial charge in [-0.1, -0.05) is 23.2 Å². The van der Waals surface area contributed by atoms with Crippen molar-refractivity contribution in [3.05, 3.63) is 27.7 Å². The molecule has 0 saturated heterocycles. The zero-order valence-corrected chi connectivity index (χ0v) is 8.65. The molecule has 0 spiro atoms. The minimum Gasteiger partial charge on any atom is -0.489 e. The Balaban J connectivity index is 2.58. The molecule has 1 heterocycles. The summed E-state index contributed by atoms with van der Waals surface area (Å²) in [6.45, 7) is 0.890. The Bertz CT molecular complexity index is 393. The van der Waals surface area contributed by atoms with E-state index in [9.17, 15) is 4.79 Å². The molecule has 14 heavy (non-hydrogen) atoms. The second-order valence-electron chi connectivity index (χ2n) is 2.87. The zero-order valence-electron chi connectivity index (χ0n) is 7.14. The maximum Gasteiger partial charge on any atom is 0.255 e. The largest absolute Gasteiger partial charge is 0.489 e. The maximum atomic E-state index is 11.5. The molecule has 1 aliphatic heterocycles. The number of hydrogen-bond acceptors (Lipinski definition) is 2. The van der Waals surface area contributed by atoms with Gasteiger partial charge < -0.3 is 10.1 Å². The first-order chi connectivity index (χ1) is 6.68. The first kappa shape index (κ1) is 9.62. The van der Waals surface area contributed by atoms with Crippen molar-refractivity contribution in [3.8, 4) is 5.75 Å². The van der Waals surface area contributed by atoms with Crippen LogP contribution in [0.2, 0.25) is 10.0 Å². The third-order valence-electron chi connectivity index (χ3n) is 1.89. The smallest absolute Gasteiger partial charge is 0.255 e. The van der Waals surface area contributed by atoms with E-state index in [1.807, 2.05) is 0 Å². The van der Waals surface area contributed by atoms with Crippen molar-refractivity contribution in [1.29, 1.82) is 0 Å². The highest BCUT2D eigenvalue weighted by molar-refractivity contribution is 6.36. The van der Waals surface area contributed by atoms with Crippen LogP contribution in [0, 0.1) is 0 Å². The number of hydrogen-bond donors (Lipinski definition) is 1. The van der Waals surface area contributed by atoms with Gasteiger partial charge in [-0.15, -0.1) is 0 Å². The average Bonchev–Trinajstić information content (AvgIpc) is 2.29. The summed E-state index contributed by atoms with van der Waals surface area (Å²) < 4.78 is 5.33. The molecular formula is C9H7Cl2NO2. The molecule has 0 fully saturated rings. The molecule has 0 aliphatic carbocycles. The van der Waals surface area contributed by atoms with Crippen molar-refractivity contribution < 1.29 is 9.53 Å². The predicted octanol–water partition coefficient (Wildman–Crippen LogP) is 2.12. The van der Waals surface area contributed by atoms with Gasteiger partial charge in [-0.05, 0) is 12.1 Å². The number of fused-ring (bicyclic) bond motifs is 1. The molecule has 5 heteroatoms. The van der Waals surface area contributed by atoms with Crippen LogP contribution in [0.25, 0.3) is 0 Å². The van der Waals surface area contributed by atoms with Crippen LogP contribution in [0.4, 0.5) is 0 Å². The Kier molecular flexibility index (Phi) is 2.52. The fourth-order valence-electron chi connectivity index (χ4n) is 1.29. The molecule has 0 bridgehead atoms. The van der Waals surface area contributed by atoms with Crippen LogP contribution in [0.3, 0.4) is 0 Å². The molecular weight excluding hydrogens is 225 g/mol. The topological polar surface area (TPSA) is 38.3 Å². The van der Waals surface area contributed by atoms with E-state index in [0.717, 1.165) is 0 Å². The molecule has 0 saturated carbocycles. The molecule has 1 aromatic rings. The van der Waals surface area contributed by atoms with Crippen molar-refractivity contribution in [3.63, 3.8) is 0 Å². The molecule has 74 valence electrons. The van der Waals surface area contributed by atoms with E-state index < -0.39 is 0 Å². The van der Waals surface area contributed by atoms with E-state index in [-0.39, 0.29) is 5.91 Å². The minimum absolute atomic E-state index is 0.207. The predicted molar refractivity (Wildman–Crippen MR) is 54.3 cm³/mol. The van der Waals surface area contributed by atoms with Gasteiger partial charge in [0.05, 0.1) is 17.1 Å². The Morgan fingerprint density at radius 1 is 1.36 bits per heavy atom. The minimum atomic E-state index is -0.207. The van der Waals surface area contributed by atoms with Gasteiger partial charge in [0.25, 0.3) is 5.91 Å². The summed E-state index contributed by atoms with van der Waals surface area (Å²) in [6.07, 6.45) is 0. The van der Waals surface area contributed by atoms with E-state index in [2.05, 4.69) is 5.32 Å². The lowest BCUT2D eigenvalue weighted by atomic mass is 10.2. The maximum absolute atomic E-state index is 11.5. The van der Waals surface area contributed by atoms with Crippen molar-refractivity contribution in [1.82, 2.24) is 5.32 Å². The summed E-state index contributed by atoms with van der Waals surface area (Å²) in [6, 6.07) is 3.10. The Morgan fingerprint density at radius 2 is 2.14 bits per heavy atom. The molecule has 3 nitrogen and oxygen atoms in total. The Morgan fingerprint density at radius 3 is 2.93 bits per heavy atom. The van der Waals surface area contributed by atoms with Gasteiger partial charge in [0.15, 0.2) is 5.75 Å². The number of halogens is 2. The summed E-state index contributed by atoms with van der Waals surface area (Å²) >= 11 is 11.7. The lowest BCUT2D eigenvalue weighted by molar-refractivity contribution is 0.0957. The van der Waals surface area contributed by atoms with Crippen molar-refractivity contribution in [2.75, 3.05) is 13.2 Å². The highest BCUT2D eigenvalue weighted by atomic mass is 35.5. The molecule has 2 rings (SSSR count). The molecule has 1 aromatic carbocycles. The fraction of sp³-hybridized carbons (Fsp3) is 0.222. The van der Waals surface area contributed by atoms with E-state index in [4.69, 9.17) is 27.9 Å². The Labute approximate surface area is 91.0 Å². The second kappa shape index (κ2) is 3.67. The number of rotatable bonds is 0. The average molecular weight is 232 g/mol. The number of amides is 1. The second-order valence-corrected chi connectivity index (χ2v) is 3.71. The van der Waals surface area contributed by atoms with Crippen LogP contribution in [0.5, 0.6) is 5.75 Å². The molecule has 0 aromatic heterocycles. The van der Waals surface area contributed by atoms with Gasteiger partial charge >= 0.3 is 0 Å². The zero-order chi connectivity index (χ0) is 10.1. The number of carbonyl (C=O) groups excluding carboxylic acids is 1. The van der Waals surface area contributed by atoms with Gasteiger partial charge in [-0.25, -0.2) is 0 Å². The first-order valence-electron chi connectivity index (χ1n) is 4.08. The summed E-state index contributed by atoms with van der Waals surface area (Å²) in [4.78, 5) is 11.5. The number of nitrogens with one attached hydrogen (secondary N) is 1. The van der Waals surface area contributed by atoms with Crippen LogP contribution in [0.15, 0.2) is 12.1 Å². The van der Waals surface area contributed by atoms with Crippen molar-refractivity contribution in [2.45, 2.75) is 0 Å². The van der Waals surface area contributed by atoms with Gasteiger partial charge in [0.1, 0.15) is 6.61 Å². The highest BCUT2D eigenvalue weighted by Gasteiger charge is 2.19. The van der Waals surface area contributed by atoms with Gasteiger partial charge in [-0.2, -0.15) is 0 Å². The van der Waals surface area contributed by atoms with Crippen LogP contribution in [-0.2, 0) is 0 Å². The standard InChI is InChI=1S/C9H7Cl2NO2/c10-5-3-6-8(7(11)4-5)14-2-1-12-9(6)13/h3-4H,1-2H2,(H,12,13). The monoisotopic (exact) mass is 231 g/mol. The van der Waals surface area contributed by atoms with E-state index in [1.54, 1.807) is 12.1 Å². The third kappa shape index (κ3) is 1.65. The summed E-state index contributed by atoms with van der Waals surface area (Å²) in [5.41, 5.74) is 0.389. The quantitative estimate of drug-likeness (QED) is 0.743. The molecule has 0 atom stereocenters. The lowest BCUT2D eigenvalue weighted by Gasteiger charge is -2.07. The fourth-order valence-corrected chi connectivity index (χ4v) is 1.84. The first-order valence-corrected chi connectivity index (χ1v) is 4.84. The van der Waals surface area contributed by atoms with Crippen LogP contribution in [0.1, 0.15) is 10.4 Å². The summed E-state index contributed by atoms with van der Waals surface area (Å²) in [7, 11) is 0. The van der Waals surface area contributed by atoms with Crippen LogP contribution >= 0.6 is 23.2 Å². The molecule has 1 aliphatic rings. The molecule has 0 radical (unpaired) electrons. The van der Waals surface area contributed by atoms with Gasteiger partial charge in [0, 0.05) is 5.02 Å². The van der Waals surface area contributed by atoms with Gasteiger partial charge in [-0.3, -0.25) is 4.79 Å². The summed E-state index contributed by atoms with van der Waals surface area (Å²) in [5.74, 6) is 0.202. The van der Waals surface area contributed by atoms with E-state index >= 15 is 0 Å². The van der Waals surface area contributed by atoms with Crippen LogP contribution in [-0.4, -0.2) is 19.1 Å². The van der Waals surface area contributed by atoms with Crippen LogP contribution < -0.4 is 10.1 Å². The van der Waals surface area contributed by atoms with Crippen molar-refractivity contribution in [2.24, 2.45) is 0 Å². The molecule has 1 N–H and O–H groups in total. The lowest BCUT2D eigenvalue weighted by Crippen LogP contribution is -2.24. The third-order valence-corrected chi connectivity index (χ3v) is 2.39. The normalized spacial score (nSPS) is 15.1. The number of benzene rings is 1. The van der Waals surface area contributed by atoms with Crippen molar-refractivity contribution >= 4 is 29.1 Å². The number of carbonyl (C=O) groups is 1. The number of ether oxygens (including phenoxy) is 1. The van der Waals surface area contributed by atoms with Gasteiger partial charge in [0.2, 0.25) is 0 Å². The highest BCUT2D eigenvalue weighted by Crippen LogP contribution is 2.33. The molecule has 1 amide bonds. The Hall–Kier alpha value is -0.930. The van der Waals surface area contributed by atoms with E-state index in [1.165, 1.54) is 0 Å². The van der Waals surface area contributed by atoms with E-state index in [0.29, 0.717) is 34.5 Å². The SMILES string of the molecule is O=C1NCCOc2c(Cl)cc(Cl)cc21.